The lowest BCUT2D eigenvalue weighted by Gasteiger charge is -2.41. The normalized spacial score (nSPS) is 26.8. The van der Waals surface area contributed by atoms with Gasteiger partial charge in [-0.25, -0.2) is 0 Å². The van der Waals surface area contributed by atoms with E-state index in [9.17, 15) is 25.2 Å². The van der Waals surface area contributed by atoms with E-state index in [1.807, 2.05) is 24.3 Å². The molecule has 6 atom stereocenters. The summed E-state index contributed by atoms with van der Waals surface area (Å²) in [6.07, 6.45) is -5.66. The van der Waals surface area contributed by atoms with Crippen molar-refractivity contribution in [3.63, 3.8) is 0 Å². The molecule has 1 heterocycles. The van der Waals surface area contributed by atoms with Crippen LogP contribution in [-0.4, -0.2) is 69.3 Å². The van der Waals surface area contributed by atoms with Gasteiger partial charge in [-0.15, -0.1) is 0 Å². The van der Waals surface area contributed by atoms with Gasteiger partial charge < -0.3 is 39.4 Å². The molecule has 196 valence electrons. The quantitative estimate of drug-likeness (QED) is 0.365. The summed E-state index contributed by atoms with van der Waals surface area (Å²) in [5, 5.41) is 41.3. The van der Waals surface area contributed by atoms with Crippen molar-refractivity contribution in [2.45, 2.75) is 82.6 Å². The van der Waals surface area contributed by atoms with Crippen molar-refractivity contribution in [3.05, 3.63) is 58.1 Å². The van der Waals surface area contributed by atoms with Gasteiger partial charge in [0.05, 0.1) is 12.2 Å². The Bertz CT molecular complexity index is 1050. The first-order chi connectivity index (χ1) is 17.1. The Morgan fingerprint density at radius 1 is 1.06 bits per heavy atom. The Morgan fingerprint density at radius 3 is 2.36 bits per heavy atom. The van der Waals surface area contributed by atoms with Gasteiger partial charge in [-0.3, -0.25) is 4.79 Å². The van der Waals surface area contributed by atoms with Crippen LogP contribution in [0.25, 0.3) is 0 Å². The van der Waals surface area contributed by atoms with Crippen LogP contribution in [0.4, 0.5) is 0 Å². The van der Waals surface area contributed by atoms with Gasteiger partial charge in [-0.05, 0) is 55.2 Å². The summed E-state index contributed by atoms with van der Waals surface area (Å²) in [7, 11) is 0. The van der Waals surface area contributed by atoms with E-state index in [0.29, 0.717) is 22.6 Å². The molecular weight excluding hydrogens is 492 g/mol. The van der Waals surface area contributed by atoms with E-state index in [0.717, 1.165) is 24.2 Å². The highest BCUT2D eigenvalue weighted by Gasteiger charge is 2.46. The molecule has 2 aromatic rings. The van der Waals surface area contributed by atoms with E-state index in [1.165, 1.54) is 13.8 Å². The molecule has 1 aliphatic heterocycles. The number of carbonyl (C=O) groups excluding carboxylic acids is 1. The smallest absolute Gasteiger partial charge is 0.302 e. The number of aliphatic hydroxyl groups is 4. The third kappa shape index (κ3) is 6.47. The van der Waals surface area contributed by atoms with Crippen LogP contribution in [0.15, 0.2) is 36.4 Å². The molecule has 10 heteroatoms. The summed E-state index contributed by atoms with van der Waals surface area (Å²) >= 11 is 6.62. The van der Waals surface area contributed by atoms with Crippen molar-refractivity contribution < 1.29 is 44.2 Å². The lowest BCUT2D eigenvalue weighted by Crippen LogP contribution is -2.61. The monoisotopic (exact) mass is 522 g/mol. The maximum Gasteiger partial charge on any atom is 0.302 e. The molecule has 2 fully saturated rings. The number of esters is 1. The van der Waals surface area contributed by atoms with Gasteiger partial charge in [0.1, 0.15) is 42.5 Å². The van der Waals surface area contributed by atoms with E-state index in [-0.39, 0.29) is 18.5 Å². The van der Waals surface area contributed by atoms with Crippen molar-refractivity contribution in [2.75, 3.05) is 0 Å². The fraction of sp³-hybridized carbons (Fsp3) is 0.500. The Kier molecular flexibility index (Phi) is 8.39. The van der Waals surface area contributed by atoms with Crippen molar-refractivity contribution in [2.24, 2.45) is 0 Å². The fourth-order valence-electron chi connectivity index (χ4n) is 3.97. The van der Waals surface area contributed by atoms with Crippen LogP contribution in [0, 0.1) is 0 Å². The number of carbonyl (C=O) groups is 1. The van der Waals surface area contributed by atoms with E-state index >= 15 is 0 Å². The first-order valence-corrected chi connectivity index (χ1v) is 12.2. The van der Waals surface area contributed by atoms with Crippen molar-refractivity contribution in [1.29, 1.82) is 0 Å². The van der Waals surface area contributed by atoms with Crippen molar-refractivity contribution in [3.8, 4) is 11.5 Å². The Morgan fingerprint density at radius 2 is 1.75 bits per heavy atom. The molecule has 4 N–H and O–H groups in total. The predicted molar refractivity (Wildman–Crippen MR) is 129 cm³/mol. The van der Waals surface area contributed by atoms with Crippen LogP contribution < -0.4 is 9.47 Å². The average Bonchev–Trinajstić information content (AvgIpc) is 3.65. The zero-order chi connectivity index (χ0) is 26.0. The molecule has 2 aliphatic rings. The highest BCUT2D eigenvalue weighted by atomic mass is 35.5. The Hall–Kier alpha value is -2.40. The number of hydrogen-bond acceptors (Lipinski definition) is 9. The molecule has 9 nitrogen and oxygen atoms in total. The molecule has 36 heavy (non-hydrogen) atoms. The summed E-state index contributed by atoms with van der Waals surface area (Å²) < 4.78 is 22.5. The summed E-state index contributed by atoms with van der Waals surface area (Å²) in [5.74, 6) is 0.560. The first kappa shape index (κ1) is 26.7. The molecule has 0 aromatic heterocycles. The van der Waals surface area contributed by atoms with E-state index < -0.39 is 42.8 Å². The Balaban J connectivity index is 1.61. The van der Waals surface area contributed by atoms with Crippen molar-refractivity contribution in [1.82, 2.24) is 0 Å². The largest absolute Gasteiger partial charge is 0.490 e. The second-order valence-electron chi connectivity index (χ2n) is 9.27. The van der Waals surface area contributed by atoms with Crippen LogP contribution >= 0.6 is 11.6 Å². The molecule has 1 saturated heterocycles. The molecule has 0 amide bonds. The van der Waals surface area contributed by atoms with Crippen LogP contribution in [0.1, 0.15) is 43.4 Å². The van der Waals surface area contributed by atoms with E-state index in [1.54, 1.807) is 12.1 Å². The number of rotatable bonds is 9. The third-order valence-electron chi connectivity index (χ3n) is 6.11. The second-order valence-corrected chi connectivity index (χ2v) is 9.68. The van der Waals surface area contributed by atoms with E-state index in [4.69, 9.17) is 30.5 Å². The maximum atomic E-state index is 11.3. The lowest BCUT2D eigenvalue weighted by molar-refractivity contribution is -0.286. The first-order valence-electron chi connectivity index (χ1n) is 11.9. The second kappa shape index (κ2) is 11.3. The molecule has 0 radical (unpaired) electrons. The Labute approximate surface area is 214 Å². The molecule has 0 unspecified atom stereocenters. The van der Waals surface area contributed by atoms with Gasteiger partial charge in [0.25, 0.3) is 0 Å². The zero-order valence-electron chi connectivity index (χ0n) is 20.0. The zero-order valence-corrected chi connectivity index (χ0v) is 20.8. The van der Waals surface area contributed by atoms with Crippen molar-refractivity contribution >= 4 is 17.6 Å². The minimum atomic E-state index is -1.61. The van der Waals surface area contributed by atoms with Crippen LogP contribution in [0.5, 0.6) is 11.5 Å². The maximum absolute atomic E-state index is 11.3. The van der Waals surface area contributed by atoms with Gasteiger partial charge in [0.2, 0.25) is 6.29 Å². The van der Waals surface area contributed by atoms with Gasteiger partial charge in [0.15, 0.2) is 0 Å². The number of hydrogen-bond donors (Lipinski definition) is 4. The van der Waals surface area contributed by atoms with Gasteiger partial charge in [-0.1, -0.05) is 23.7 Å². The fourth-order valence-corrected chi connectivity index (χ4v) is 4.27. The molecule has 0 bridgehead atoms. The molecule has 2 aromatic carbocycles. The predicted octanol–water partition coefficient (Wildman–Crippen LogP) is 2.10. The number of benzene rings is 2. The molecule has 1 saturated carbocycles. The lowest BCUT2D eigenvalue weighted by atomic mass is 9.96. The standard InChI is InChI=1S/C26H31ClO9/c1-13(28)25-23(31)22(30)24(32)26(36-25)35-21-11-16(12-33-14(2)29)10-20(27)19(21)9-15-3-5-17(6-4-15)34-18-7-8-18/h3-6,10-11,13,18,22-26,28,30-32H,7-9,12H2,1-2H3/t13-,22+,23+,24-,25-,26-/m1/s1. The van der Waals surface area contributed by atoms with E-state index in [2.05, 4.69) is 0 Å². The van der Waals surface area contributed by atoms with Crippen LogP contribution in [-0.2, 0) is 27.3 Å². The molecule has 1 aliphatic carbocycles. The summed E-state index contributed by atoms with van der Waals surface area (Å²) in [6.45, 7) is 2.64. The topological polar surface area (TPSA) is 135 Å². The SMILES string of the molecule is CC(=O)OCc1cc(Cl)c(Cc2ccc(OC3CC3)cc2)c(O[C@@H]2O[C@H]([C@@H](C)O)[C@@H](O)[C@H](O)[C@H]2O)c1. The number of aliphatic hydroxyl groups excluding tert-OH is 4. The summed E-state index contributed by atoms with van der Waals surface area (Å²) in [6, 6.07) is 10.9. The molecule has 0 spiro atoms. The van der Waals surface area contributed by atoms with Crippen LogP contribution in [0.2, 0.25) is 5.02 Å². The average molecular weight is 523 g/mol. The van der Waals surface area contributed by atoms with Gasteiger partial charge >= 0.3 is 5.97 Å². The molecular formula is C26H31ClO9. The minimum absolute atomic E-state index is 0.0510. The number of ether oxygens (including phenoxy) is 4. The van der Waals surface area contributed by atoms with Crippen LogP contribution in [0.3, 0.4) is 0 Å². The highest BCUT2D eigenvalue weighted by molar-refractivity contribution is 6.31. The highest BCUT2D eigenvalue weighted by Crippen LogP contribution is 2.35. The van der Waals surface area contributed by atoms with Gasteiger partial charge in [0, 0.05) is 23.9 Å². The summed E-state index contributed by atoms with van der Waals surface area (Å²) in [4.78, 5) is 11.3. The number of halogens is 1. The minimum Gasteiger partial charge on any atom is -0.490 e. The van der Waals surface area contributed by atoms with Gasteiger partial charge in [-0.2, -0.15) is 0 Å². The summed E-state index contributed by atoms with van der Waals surface area (Å²) in [5.41, 5.74) is 2.03. The molecule has 4 rings (SSSR count). The third-order valence-corrected chi connectivity index (χ3v) is 6.45.